The molecule has 1 atom stereocenters. The first-order chi connectivity index (χ1) is 9.17. The van der Waals surface area contributed by atoms with Gasteiger partial charge in [0.05, 0.1) is 12.2 Å². The molecule has 19 heavy (non-hydrogen) atoms. The highest BCUT2D eigenvalue weighted by atomic mass is 127. The molecular weight excluding hydrogens is 349 g/mol. The van der Waals surface area contributed by atoms with Gasteiger partial charge in [-0.1, -0.05) is 25.1 Å². The van der Waals surface area contributed by atoms with E-state index in [-0.39, 0.29) is 6.04 Å². The van der Waals surface area contributed by atoms with E-state index in [9.17, 15) is 0 Å². The van der Waals surface area contributed by atoms with Crippen LogP contribution < -0.4 is 5.32 Å². The maximum Gasteiger partial charge on any atom is 0.0618 e. The van der Waals surface area contributed by atoms with E-state index in [4.69, 9.17) is 0 Å². The van der Waals surface area contributed by atoms with Crippen molar-refractivity contribution in [3.05, 3.63) is 50.9 Å². The van der Waals surface area contributed by atoms with E-state index in [0.29, 0.717) is 0 Å². The Morgan fingerprint density at radius 3 is 2.79 bits per heavy atom. The average Bonchev–Trinajstić information content (AvgIpc) is 2.88. The van der Waals surface area contributed by atoms with Gasteiger partial charge >= 0.3 is 0 Å². The lowest BCUT2D eigenvalue weighted by molar-refractivity contribution is 0.623. The summed E-state index contributed by atoms with van der Waals surface area (Å²) in [4.78, 5) is 0. The van der Waals surface area contributed by atoms with Crippen molar-refractivity contribution >= 4 is 22.6 Å². The fourth-order valence-electron chi connectivity index (χ4n) is 2.21. The summed E-state index contributed by atoms with van der Waals surface area (Å²) in [6, 6.07) is 6.70. The number of hydrogen-bond acceptors (Lipinski definition) is 2. The lowest BCUT2D eigenvalue weighted by atomic mass is 10.00. The van der Waals surface area contributed by atoms with Gasteiger partial charge in [0, 0.05) is 21.9 Å². The second-order valence-electron chi connectivity index (χ2n) is 4.60. The van der Waals surface area contributed by atoms with Crippen LogP contribution in [0.15, 0.2) is 30.6 Å². The van der Waals surface area contributed by atoms with Crippen LogP contribution in [-0.2, 0) is 6.54 Å². The van der Waals surface area contributed by atoms with Crippen LogP contribution in [0.4, 0.5) is 0 Å². The number of aromatic nitrogens is 2. The summed E-state index contributed by atoms with van der Waals surface area (Å²) >= 11 is 2.44. The van der Waals surface area contributed by atoms with E-state index in [1.54, 1.807) is 0 Å². The molecule has 1 heterocycles. The fourth-order valence-corrected chi connectivity index (χ4v) is 2.88. The van der Waals surface area contributed by atoms with E-state index in [0.717, 1.165) is 13.1 Å². The molecule has 0 aliphatic heterocycles. The fraction of sp³-hybridized carbons (Fsp3) is 0.400. The van der Waals surface area contributed by atoms with Crippen LogP contribution in [0.2, 0.25) is 0 Å². The molecular formula is C15H20IN3. The van der Waals surface area contributed by atoms with Crippen molar-refractivity contribution in [2.75, 3.05) is 6.54 Å². The summed E-state index contributed by atoms with van der Waals surface area (Å²) < 4.78 is 3.30. The monoisotopic (exact) mass is 369 g/mol. The van der Waals surface area contributed by atoms with Crippen molar-refractivity contribution in [2.45, 2.75) is 33.4 Å². The van der Waals surface area contributed by atoms with Crippen LogP contribution in [0.5, 0.6) is 0 Å². The van der Waals surface area contributed by atoms with E-state index in [1.807, 2.05) is 10.9 Å². The molecule has 1 aromatic heterocycles. The third-order valence-corrected chi connectivity index (χ3v) is 4.73. The predicted octanol–water partition coefficient (Wildman–Crippen LogP) is 3.51. The lowest BCUT2D eigenvalue weighted by Crippen LogP contribution is -2.22. The van der Waals surface area contributed by atoms with Gasteiger partial charge in [-0.2, -0.15) is 5.10 Å². The standard InChI is InChI=1S/C15H20IN3/c1-4-17-15(12-9-18-19(5-2)10-12)13-8-6-7-11(3)14(13)16/h6-10,15,17H,4-5H2,1-3H3. The Balaban J connectivity index is 2.42. The summed E-state index contributed by atoms with van der Waals surface area (Å²) in [6.07, 6.45) is 4.10. The minimum absolute atomic E-state index is 0.220. The molecule has 0 saturated carbocycles. The van der Waals surface area contributed by atoms with Gasteiger partial charge in [0.25, 0.3) is 0 Å². The number of hydrogen-bond donors (Lipinski definition) is 1. The van der Waals surface area contributed by atoms with Crippen molar-refractivity contribution in [1.82, 2.24) is 15.1 Å². The van der Waals surface area contributed by atoms with Crippen LogP contribution in [0.3, 0.4) is 0 Å². The molecule has 3 nitrogen and oxygen atoms in total. The number of nitrogens with one attached hydrogen (secondary N) is 1. The summed E-state index contributed by atoms with van der Waals surface area (Å²) in [7, 11) is 0. The Labute approximate surface area is 128 Å². The molecule has 0 fully saturated rings. The van der Waals surface area contributed by atoms with E-state index in [2.05, 4.69) is 78.2 Å². The molecule has 0 bridgehead atoms. The highest BCUT2D eigenvalue weighted by molar-refractivity contribution is 14.1. The van der Waals surface area contributed by atoms with E-state index >= 15 is 0 Å². The quantitative estimate of drug-likeness (QED) is 0.818. The second kappa shape index (κ2) is 6.52. The zero-order chi connectivity index (χ0) is 13.8. The van der Waals surface area contributed by atoms with Gasteiger partial charge in [-0.3, -0.25) is 4.68 Å². The Morgan fingerprint density at radius 2 is 2.16 bits per heavy atom. The Hall–Kier alpha value is -0.880. The number of aryl methyl sites for hydroxylation is 2. The first-order valence-corrected chi connectivity index (χ1v) is 7.76. The Morgan fingerprint density at radius 1 is 1.37 bits per heavy atom. The minimum Gasteiger partial charge on any atom is -0.306 e. The molecule has 0 saturated heterocycles. The molecule has 1 unspecified atom stereocenters. The van der Waals surface area contributed by atoms with Crippen LogP contribution in [-0.4, -0.2) is 16.3 Å². The maximum absolute atomic E-state index is 4.39. The average molecular weight is 369 g/mol. The molecule has 102 valence electrons. The number of nitrogens with zero attached hydrogens (tertiary/aromatic N) is 2. The van der Waals surface area contributed by atoms with Crippen LogP contribution in [0.1, 0.15) is 36.6 Å². The van der Waals surface area contributed by atoms with Crippen molar-refractivity contribution in [3.8, 4) is 0 Å². The zero-order valence-electron chi connectivity index (χ0n) is 11.7. The van der Waals surface area contributed by atoms with Crippen LogP contribution in [0, 0.1) is 10.5 Å². The highest BCUT2D eigenvalue weighted by Gasteiger charge is 2.18. The smallest absolute Gasteiger partial charge is 0.0618 e. The number of halogens is 1. The molecule has 0 amide bonds. The molecule has 1 N–H and O–H groups in total. The molecule has 1 aromatic carbocycles. The molecule has 0 aliphatic carbocycles. The van der Waals surface area contributed by atoms with Crippen molar-refractivity contribution in [3.63, 3.8) is 0 Å². The summed E-state index contributed by atoms with van der Waals surface area (Å²) in [6.45, 7) is 8.24. The van der Waals surface area contributed by atoms with Gasteiger partial charge in [0.2, 0.25) is 0 Å². The van der Waals surface area contributed by atoms with Gasteiger partial charge in [-0.25, -0.2) is 0 Å². The van der Waals surface area contributed by atoms with Crippen molar-refractivity contribution in [1.29, 1.82) is 0 Å². The summed E-state index contributed by atoms with van der Waals surface area (Å²) in [5.74, 6) is 0. The second-order valence-corrected chi connectivity index (χ2v) is 5.68. The number of rotatable bonds is 5. The first kappa shape index (κ1) is 14.5. The van der Waals surface area contributed by atoms with Crippen molar-refractivity contribution in [2.24, 2.45) is 0 Å². The normalized spacial score (nSPS) is 12.6. The Bertz CT molecular complexity index is 548. The molecule has 2 aromatic rings. The maximum atomic E-state index is 4.39. The highest BCUT2D eigenvalue weighted by Crippen LogP contribution is 2.27. The first-order valence-electron chi connectivity index (χ1n) is 6.68. The topological polar surface area (TPSA) is 29.9 Å². The van der Waals surface area contributed by atoms with Gasteiger partial charge in [-0.05, 0) is 54.1 Å². The summed E-state index contributed by atoms with van der Waals surface area (Å²) in [5.41, 5.74) is 3.88. The predicted molar refractivity (Wildman–Crippen MR) is 87.3 cm³/mol. The van der Waals surface area contributed by atoms with Gasteiger partial charge < -0.3 is 5.32 Å². The number of benzene rings is 1. The zero-order valence-corrected chi connectivity index (χ0v) is 13.8. The van der Waals surface area contributed by atoms with E-state index < -0.39 is 0 Å². The minimum atomic E-state index is 0.220. The van der Waals surface area contributed by atoms with Gasteiger partial charge in [0.1, 0.15) is 0 Å². The van der Waals surface area contributed by atoms with Gasteiger partial charge in [-0.15, -0.1) is 0 Å². The molecule has 0 radical (unpaired) electrons. The molecule has 0 spiro atoms. The van der Waals surface area contributed by atoms with E-state index in [1.165, 1.54) is 20.3 Å². The molecule has 4 heteroatoms. The molecule has 0 aliphatic rings. The van der Waals surface area contributed by atoms with Crippen LogP contribution >= 0.6 is 22.6 Å². The SMILES string of the molecule is CCNC(c1cnn(CC)c1)c1cccc(C)c1I. The lowest BCUT2D eigenvalue weighted by Gasteiger charge is -2.19. The van der Waals surface area contributed by atoms with Gasteiger partial charge in [0.15, 0.2) is 0 Å². The molecule has 2 rings (SSSR count). The Kier molecular flexibility index (Phi) is 4.99. The summed E-state index contributed by atoms with van der Waals surface area (Å²) in [5, 5.41) is 7.95. The largest absolute Gasteiger partial charge is 0.306 e. The third-order valence-electron chi connectivity index (χ3n) is 3.25. The third kappa shape index (κ3) is 3.17. The van der Waals surface area contributed by atoms with Crippen molar-refractivity contribution < 1.29 is 0 Å². The van der Waals surface area contributed by atoms with Crippen LogP contribution in [0.25, 0.3) is 0 Å².